The number of tetrazole rings is 1. The highest BCUT2D eigenvalue weighted by Gasteiger charge is 2.51. The van der Waals surface area contributed by atoms with Gasteiger partial charge in [0.05, 0.1) is 6.04 Å². The molecule has 4 heterocycles. The van der Waals surface area contributed by atoms with Crippen molar-refractivity contribution in [3.8, 4) is 0 Å². The number of amides is 1. The molecule has 1 aromatic rings. The molecule has 4 unspecified atom stereocenters. The highest BCUT2D eigenvalue weighted by molar-refractivity contribution is 5.85. The Morgan fingerprint density at radius 2 is 1.97 bits per heavy atom. The fourth-order valence-electron chi connectivity index (χ4n) is 7.50. The molecule has 2 aliphatic carbocycles. The molecule has 2 bridgehead atoms. The van der Waals surface area contributed by atoms with Gasteiger partial charge in [-0.1, -0.05) is 37.3 Å². The molecule has 0 spiro atoms. The Kier molecular flexibility index (Phi) is 4.70. The summed E-state index contributed by atoms with van der Waals surface area (Å²) in [4.78, 5) is 19.3. The molecule has 6 rings (SSSR count). The molecule has 4 fully saturated rings. The van der Waals surface area contributed by atoms with Crippen LogP contribution in [0.15, 0.2) is 18.0 Å². The van der Waals surface area contributed by atoms with Gasteiger partial charge in [0, 0.05) is 19.1 Å². The monoisotopic (exact) mass is 410 g/mol. The summed E-state index contributed by atoms with van der Waals surface area (Å²) in [5, 5.41) is 12.0. The predicted molar refractivity (Wildman–Crippen MR) is 113 cm³/mol. The molecule has 0 aromatic carbocycles. The Labute approximate surface area is 178 Å². The van der Waals surface area contributed by atoms with Crippen LogP contribution in [0.3, 0.4) is 0 Å². The zero-order valence-electron chi connectivity index (χ0n) is 18.0. The second kappa shape index (κ2) is 7.43. The molecule has 4 atom stereocenters. The van der Waals surface area contributed by atoms with Crippen LogP contribution in [0.25, 0.3) is 0 Å². The Morgan fingerprint density at radius 1 is 1.07 bits per heavy atom. The van der Waals surface area contributed by atoms with E-state index in [1.807, 2.05) is 0 Å². The first-order valence-corrected chi connectivity index (χ1v) is 12.3. The lowest BCUT2D eigenvalue weighted by atomic mass is 9.67. The fourth-order valence-corrected chi connectivity index (χ4v) is 7.50. The van der Waals surface area contributed by atoms with Crippen molar-refractivity contribution in [2.45, 2.75) is 88.3 Å². The number of hydrogen-bond donors (Lipinski definition) is 0. The molecule has 0 radical (unpaired) electrons. The van der Waals surface area contributed by atoms with Crippen molar-refractivity contribution in [1.29, 1.82) is 0 Å². The van der Waals surface area contributed by atoms with E-state index in [1.54, 1.807) is 16.6 Å². The number of carbonyl (C=O) groups excluding carboxylic acids is 1. The zero-order valence-corrected chi connectivity index (χ0v) is 18.0. The predicted octanol–water partition coefficient (Wildman–Crippen LogP) is 2.75. The highest BCUT2D eigenvalue weighted by Crippen LogP contribution is 2.46. The minimum Gasteiger partial charge on any atom is -0.334 e. The van der Waals surface area contributed by atoms with Gasteiger partial charge in [0.15, 0.2) is 0 Å². The highest BCUT2D eigenvalue weighted by atomic mass is 16.2. The van der Waals surface area contributed by atoms with Crippen LogP contribution in [0.4, 0.5) is 0 Å². The maximum absolute atomic E-state index is 14.2. The normalized spacial score (nSPS) is 35.9. The maximum Gasteiger partial charge on any atom is 0.251 e. The van der Waals surface area contributed by atoms with Crippen molar-refractivity contribution in [2.24, 2.45) is 11.8 Å². The zero-order chi connectivity index (χ0) is 20.1. The standard InChI is InChI=1S/C23H34N6O/c30-22(23(9-3-1-4-10-23)29-16-24-25-26-29)28-12-6-7-17-13-18-14-19(21(17)28)15-27-11-5-2-8-20(18)27/h13,16,18-21H,1-12,14-15H2. The Balaban J connectivity index is 1.34. The summed E-state index contributed by atoms with van der Waals surface area (Å²) >= 11 is 0. The molecule has 1 saturated carbocycles. The van der Waals surface area contributed by atoms with Gasteiger partial charge in [-0.25, -0.2) is 4.68 Å². The number of rotatable bonds is 2. The van der Waals surface area contributed by atoms with E-state index in [0.717, 1.165) is 44.7 Å². The summed E-state index contributed by atoms with van der Waals surface area (Å²) in [5.74, 6) is 1.57. The van der Waals surface area contributed by atoms with Crippen molar-refractivity contribution in [2.75, 3.05) is 19.6 Å². The number of fused-ring (bicyclic) bond motifs is 6. The molecule has 7 heteroatoms. The summed E-state index contributed by atoms with van der Waals surface area (Å²) in [6, 6.07) is 1.04. The van der Waals surface area contributed by atoms with Gasteiger partial charge in [-0.3, -0.25) is 9.69 Å². The average molecular weight is 411 g/mol. The molecule has 0 N–H and O–H groups in total. The van der Waals surface area contributed by atoms with E-state index in [4.69, 9.17) is 0 Å². The maximum atomic E-state index is 14.2. The number of likely N-dealkylation sites (tertiary alicyclic amines) is 1. The largest absolute Gasteiger partial charge is 0.334 e. The van der Waals surface area contributed by atoms with Crippen molar-refractivity contribution >= 4 is 5.91 Å². The molecule has 3 aliphatic heterocycles. The number of hydrogen-bond acceptors (Lipinski definition) is 5. The first-order chi connectivity index (χ1) is 14.8. The van der Waals surface area contributed by atoms with Crippen molar-refractivity contribution < 1.29 is 4.79 Å². The quantitative estimate of drug-likeness (QED) is 0.702. The molecule has 30 heavy (non-hydrogen) atoms. The SMILES string of the molecule is O=C(N1CCCC2=CC3CC(CN4CCCCC34)C21)C1(n2cnnn2)CCCCC1. The lowest BCUT2D eigenvalue weighted by Gasteiger charge is -2.55. The van der Waals surface area contributed by atoms with Crippen LogP contribution < -0.4 is 0 Å². The molecule has 5 aliphatic rings. The lowest BCUT2D eigenvalue weighted by molar-refractivity contribution is -0.149. The topological polar surface area (TPSA) is 67.2 Å². The van der Waals surface area contributed by atoms with Gasteiger partial charge >= 0.3 is 0 Å². The third-order valence-electron chi connectivity index (χ3n) is 8.78. The number of piperidine rings is 3. The molecule has 1 amide bonds. The van der Waals surface area contributed by atoms with Crippen LogP contribution in [0.1, 0.15) is 70.6 Å². The minimum atomic E-state index is -0.580. The van der Waals surface area contributed by atoms with Crippen molar-refractivity contribution in [3.05, 3.63) is 18.0 Å². The van der Waals surface area contributed by atoms with Crippen LogP contribution in [0.5, 0.6) is 0 Å². The van der Waals surface area contributed by atoms with Gasteiger partial charge in [-0.2, -0.15) is 0 Å². The Morgan fingerprint density at radius 3 is 2.80 bits per heavy atom. The van der Waals surface area contributed by atoms with Crippen molar-refractivity contribution in [3.63, 3.8) is 0 Å². The second-order valence-corrected chi connectivity index (χ2v) is 10.4. The van der Waals surface area contributed by atoms with E-state index >= 15 is 0 Å². The van der Waals surface area contributed by atoms with E-state index in [9.17, 15) is 4.79 Å². The molecule has 162 valence electrons. The van der Waals surface area contributed by atoms with E-state index in [2.05, 4.69) is 31.4 Å². The van der Waals surface area contributed by atoms with Crippen LogP contribution in [0, 0.1) is 11.8 Å². The third kappa shape index (κ3) is 2.88. The molecule has 3 saturated heterocycles. The molecule has 1 aromatic heterocycles. The minimum absolute atomic E-state index is 0.282. The lowest BCUT2D eigenvalue weighted by Crippen LogP contribution is -2.63. The van der Waals surface area contributed by atoms with Crippen molar-refractivity contribution in [1.82, 2.24) is 30.0 Å². The van der Waals surface area contributed by atoms with Crippen LogP contribution in [-0.4, -0.2) is 67.6 Å². The van der Waals surface area contributed by atoms with E-state index in [1.165, 1.54) is 51.6 Å². The summed E-state index contributed by atoms with van der Waals surface area (Å²) in [6.45, 7) is 3.30. The second-order valence-electron chi connectivity index (χ2n) is 10.4. The molecular weight excluding hydrogens is 376 g/mol. The summed E-state index contributed by atoms with van der Waals surface area (Å²) in [6.07, 6.45) is 17.0. The van der Waals surface area contributed by atoms with Crippen LogP contribution in [0.2, 0.25) is 0 Å². The van der Waals surface area contributed by atoms with Gasteiger partial charge in [0.25, 0.3) is 5.91 Å². The van der Waals surface area contributed by atoms with E-state index in [-0.39, 0.29) is 5.91 Å². The Hall–Kier alpha value is -1.76. The van der Waals surface area contributed by atoms with Gasteiger partial charge in [0.2, 0.25) is 0 Å². The van der Waals surface area contributed by atoms with E-state index < -0.39 is 5.54 Å². The number of aromatic nitrogens is 4. The summed E-state index contributed by atoms with van der Waals surface area (Å²) < 4.78 is 1.79. The fraction of sp³-hybridized carbons (Fsp3) is 0.826. The number of nitrogens with zero attached hydrogens (tertiary/aromatic N) is 6. The number of carbonyl (C=O) groups is 1. The van der Waals surface area contributed by atoms with E-state index in [0.29, 0.717) is 17.9 Å². The molecular formula is C23H34N6O. The van der Waals surface area contributed by atoms with Crippen LogP contribution >= 0.6 is 0 Å². The molecule has 7 nitrogen and oxygen atoms in total. The van der Waals surface area contributed by atoms with Crippen LogP contribution in [-0.2, 0) is 10.3 Å². The van der Waals surface area contributed by atoms with Gasteiger partial charge < -0.3 is 4.90 Å². The first-order valence-electron chi connectivity index (χ1n) is 12.3. The Bertz CT molecular complexity index is 814. The summed E-state index contributed by atoms with van der Waals surface area (Å²) in [5.41, 5.74) is 0.979. The average Bonchev–Trinajstić information content (AvgIpc) is 3.34. The van der Waals surface area contributed by atoms with Gasteiger partial charge in [-0.05, 0) is 73.8 Å². The third-order valence-corrected chi connectivity index (χ3v) is 8.78. The smallest absolute Gasteiger partial charge is 0.251 e. The van der Waals surface area contributed by atoms with Gasteiger partial charge in [0.1, 0.15) is 11.9 Å². The summed E-state index contributed by atoms with van der Waals surface area (Å²) in [7, 11) is 0. The first kappa shape index (κ1) is 19.0. The van der Waals surface area contributed by atoms with Gasteiger partial charge in [-0.15, -0.1) is 5.10 Å².